The Hall–Kier alpha value is -2.12. The first kappa shape index (κ1) is 19.2. The van der Waals surface area contributed by atoms with Gasteiger partial charge in [0.2, 0.25) is 0 Å². The van der Waals surface area contributed by atoms with Gasteiger partial charge < -0.3 is 14.9 Å². The van der Waals surface area contributed by atoms with Crippen molar-refractivity contribution in [2.45, 2.75) is 26.4 Å². The van der Waals surface area contributed by atoms with E-state index in [-0.39, 0.29) is 18.1 Å². The normalized spacial score (nSPS) is 10.8. The van der Waals surface area contributed by atoms with Crippen LogP contribution in [-0.2, 0) is 11.3 Å². The van der Waals surface area contributed by atoms with Gasteiger partial charge in [-0.25, -0.2) is 9.18 Å². The van der Waals surface area contributed by atoms with Crippen LogP contribution in [0.1, 0.15) is 30.9 Å². The number of anilines is 1. The van der Waals surface area contributed by atoms with Crippen molar-refractivity contribution in [1.29, 1.82) is 0 Å². The first-order valence-corrected chi connectivity index (χ1v) is 8.39. The summed E-state index contributed by atoms with van der Waals surface area (Å²) in [5.41, 5.74) is 2.41. The third kappa shape index (κ3) is 3.93. The van der Waals surface area contributed by atoms with Crippen molar-refractivity contribution in [2.24, 2.45) is 0 Å². The summed E-state index contributed by atoms with van der Waals surface area (Å²) in [7, 11) is 1.26. The topological polar surface area (TPSA) is 78.8 Å². The molecule has 25 heavy (non-hydrogen) atoms. The Morgan fingerprint density at radius 1 is 1.32 bits per heavy atom. The van der Waals surface area contributed by atoms with E-state index in [9.17, 15) is 19.4 Å². The Balaban J connectivity index is 2.73. The number of hydrogen-bond donors (Lipinski definition) is 3. The van der Waals surface area contributed by atoms with Crippen LogP contribution in [0.4, 0.5) is 14.9 Å². The van der Waals surface area contributed by atoms with Gasteiger partial charge in [-0.1, -0.05) is 35.8 Å². The Morgan fingerprint density at radius 3 is 2.56 bits per heavy atom. The number of halogens is 2. The molecule has 3 N–H and O–H groups in total. The van der Waals surface area contributed by atoms with Gasteiger partial charge in [0.1, 0.15) is 0 Å². The Bertz CT molecular complexity index is 808. The number of phenolic OH excluding ortho intramolecular Hbond substituents is 1. The minimum absolute atomic E-state index is 0.0478. The van der Waals surface area contributed by atoms with Crippen molar-refractivity contribution in [1.82, 2.24) is 0 Å². The highest BCUT2D eigenvalue weighted by molar-refractivity contribution is 9.10. The number of phenols is 1. The zero-order chi connectivity index (χ0) is 18.7. The lowest BCUT2D eigenvalue weighted by Crippen LogP contribution is -2.14. The summed E-state index contributed by atoms with van der Waals surface area (Å²) in [6.07, 6.45) is -0.630. The van der Waals surface area contributed by atoms with Crippen LogP contribution < -0.4 is 5.32 Å². The Labute approximate surface area is 153 Å². The van der Waals surface area contributed by atoms with E-state index in [1.54, 1.807) is 18.2 Å². The van der Waals surface area contributed by atoms with Crippen molar-refractivity contribution in [3.8, 4) is 16.9 Å². The monoisotopic (exact) mass is 411 g/mol. The van der Waals surface area contributed by atoms with Gasteiger partial charge in [-0.2, -0.15) is 0 Å². The number of benzene rings is 2. The molecule has 0 saturated carbocycles. The smallest absolute Gasteiger partial charge is 0.411 e. The van der Waals surface area contributed by atoms with Crippen molar-refractivity contribution < 1.29 is 24.1 Å². The van der Waals surface area contributed by atoms with Crippen LogP contribution in [0, 0.1) is 5.82 Å². The Kier molecular flexibility index (Phi) is 6.02. The van der Waals surface area contributed by atoms with Gasteiger partial charge in [0, 0.05) is 15.7 Å². The zero-order valence-corrected chi connectivity index (χ0v) is 15.6. The maximum atomic E-state index is 13.9. The van der Waals surface area contributed by atoms with Crippen molar-refractivity contribution in [2.75, 3.05) is 12.4 Å². The summed E-state index contributed by atoms with van der Waals surface area (Å²) in [6.45, 7) is 3.47. The SMILES string of the molecule is COC(=O)Nc1ccc(-c2cc(Br)cc(F)c2O)c(CO)c1C(C)C. The van der Waals surface area contributed by atoms with Gasteiger partial charge in [0.15, 0.2) is 11.6 Å². The lowest BCUT2D eigenvalue weighted by molar-refractivity contribution is 0.187. The van der Waals surface area contributed by atoms with E-state index < -0.39 is 17.7 Å². The average Bonchev–Trinajstić information content (AvgIpc) is 2.57. The van der Waals surface area contributed by atoms with Gasteiger partial charge >= 0.3 is 6.09 Å². The predicted molar refractivity (Wildman–Crippen MR) is 97.2 cm³/mol. The lowest BCUT2D eigenvalue weighted by atomic mass is 9.88. The van der Waals surface area contributed by atoms with Gasteiger partial charge in [0.05, 0.1) is 13.7 Å². The minimum Gasteiger partial charge on any atom is -0.504 e. The number of carbonyl (C=O) groups is 1. The molecule has 5 nitrogen and oxygen atoms in total. The fourth-order valence-corrected chi connectivity index (χ4v) is 3.22. The number of ether oxygens (including phenoxy) is 1. The Morgan fingerprint density at radius 2 is 2.00 bits per heavy atom. The van der Waals surface area contributed by atoms with Crippen LogP contribution in [0.2, 0.25) is 0 Å². The molecule has 0 atom stereocenters. The van der Waals surface area contributed by atoms with Gasteiger partial charge in [-0.15, -0.1) is 0 Å². The van der Waals surface area contributed by atoms with Gasteiger partial charge in [-0.3, -0.25) is 5.32 Å². The molecule has 134 valence electrons. The van der Waals surface area contributed by atoms with E-state index in [0.29, 0.717) is 26.9 Å². The van der Waals surface area contributed by atoms with Crippen molar-refractivity contribution in [3.05, 3.63) is 45.7 Å². The first-order chi connectivity index (χ1) is 11.8. The maximum Gasteiger partial charge on any atom is 0.411 e. The summed E-state index contributed by atoms with van der Waals surface area (Å²) >= 11 is 3.21. The van der Waals surface area contributed by atoms with Crippen LogP contribution in [0.15, 0.2) is 28.7 Å². The molecule has 1 amide bonds. The molecule has 0 bridgehead atoms. The van der Waals surface area contributed by atoms with E-state index in [1.165, 1.54) is 7.11 Å². The fraction of sp³-hybridized carbons (Fsp3) is 0.278. The van der Waals surface area contributed by atoms with Crippen LogP contribution in [0.5, 0.6) is 5.75 Å². The quantitative estimate of drug-likeness (QED) is 0.677. The molecule has 0 heterocycles. The van der Waals surface area contributed by atoms with Crippen molar-refractivity contribution in [3.63, 3.8) is 0 Å². The van der Waals surface area contributed by atoms with E-state index in [4.69, 9.17) is 0 Å². The second kappa shape index (κ2) is 7.84. The summed E-state index contributed by atoms with van der Waals surface area (Å²) in [4.78, 5) is 11.6. The number of hydrogen-bond acceptors (Lipinski definition) is 4. The fourth-order valence-electron chi connectivity index (χ4n) is 2.79. The molecular formula is C18H19BrFNO4. The molecule has 0 radical (unpaired) electrons. The number of aliphatic hydroxyl groups is 1. The molecule has 0 aliphatic carbocycles. The van der Waals surface area contributed by atoms with Gasteiger partial charge in [0.25, 0.3) is 0 Å². The molecule has 0 aliphatic heterocycles. The molecule has 0 fully saturated rings. The molecule has 0 saturated heterocycles. The number of carbonyl (C=O) groups excluding carboxylic acids is 1. The molecule has 2 rings (SSSR count). The van der Waals surface area contributed by atoms with Crippen LogP contribution in [0.3, 0.4) is 0 Å². The van der Waals surface area contributed by atoms with Gasteiger partial charge in [-0.05, 0) is 40.8 Å². The second-order valence-electron chi connectivity index (χ2n) is 5.77. The standard InChI is InChI=1S/C18H19BrFNO4/c1-9(2)16-13(8-22)11(4-5-15(16)21-18(24)25-3)12-6-10(19)7-14(20)17(12)23/h4-7,9,22-23H,8H2,1-3H3,(H,21,24). The predicted octanol–water partition coefficient (Wildman–Crippen LogP) is 4.75. The first-order valence-electron chi connectivity index (χ1n) is 7.60. The minimum atomic E-state index is -0.767. The summed E-state index contributed by atoms with van der Waals surface area (Å²) in [5.74, 6) is -1.31. The van der Waals surface area contributed by atoms with E-state index in [0.717, 1.165) is 6.07 Å². The number of aromatic hydroxyl groups is 1. The third-order valence-corrected chi connectivity index (χ3v) is 4.29. The van der Waals surface area contributed by atoms with Crippen LogP contribution in [0.25, 0.3) is 11.1 Å². The molecule has 0 aliphatic rings. The van der Waals surface area contributed by atoms with E-state index in [2.05, 4.69) is 26.0 Å². The lowest BCUT2D eigenvalue weighted by Gasteiger charge is -2.21. The molecular weight excluding hydrogens is 393 g/mol. The highest BCUT2D eigenvalue weighted by atomic mass is 79.9. The number of nitrogens with one attached hydrogen (secondary N) is 1. The van der Waals surface area contributed by atoms with Crippen molar-refractivity contribution >= 4 is 27.7 Å². The van der Waals surface area contributed by atoms with Crippen LogP contribution in [-0.4, -0.2) is 23.4 Å². The zero-order valence-electron chi connectivity index (χ0n) is 14.1. The summed E-state index contributed by atoms with van der Waals surface area (Å²) < 4.78 is 19.0. The molecule has 0 unspecified atom stereocenters. The van der Waals surface area contributed by atoms with E-state index in [1.807, 2.05) is 13.8 Å². The van der Waals surface area contributed by atoms with Crippen LogP contribution >= 0.6 is 15.9 Å². The molecule has 0 spiro atoms. The summed E-state index contributed by atoms with van der Waals surface area (Å²) in [6, 6.07) is 5.99. The molecule has 2 aromatic rings. The molecule has 0 aromatic heterocycles. The third-order valence-electron chi connectivity index (χ3n) is 3.83. The number of amides is 1. The summed E-state index contributed by atoms with van der Waals surface area (Å²) in [5, 5.41) is 22.6. The maximum absolute atomic E-state index is 13.9. The van der Waals surface area contributed by atoms with E-state index >= 15 is 0 Å². The second-order valence-corrected chi connectivity index (χ2v) is 6.68. The average molecular weight is 412 g/mol. The largest absolute Gasteiger partial charge is 0.504 e. The molecule has 2 aromatic carbocycles. The number of methoxy groups -OCH3 is 1. The highest BCUT2D eigenvalue weighted by Crippen LogP contribution is 2.41. The number of rotatable bonds is 4. The number of aliphatic hydroxyl groups excluding tert-OH is 1. The molecule has 7 heteroatoms. The highest BCUT2D eigenvalue weighted by Gasteiger charge is 2.21.